The van der Waals surface area contributed by atoms with Gasteiger partial charge < -0.3 is 19.5 Å². The largest absolute Gasteiger partial charge is 0.379 e. The van der Waals surface area contributed by atoms with Gasteiger partial charge in [0.05, 0.1) is 31.0 Å². The van der Waals surface area contributed by atoms with Crippen LogP contribution < -0.4 is 5.32 Å². The molecular weight excluding hydrogens is 466 g/mol. The summed E-state index contributed by atoms with van der Waals surface area (Å²) >= 11 is 5.92. The van der Waals surface area contributed by atoms with Crippen LogP contribution in [-0.2, 0) is 11.2 Å². The maximum Gasteiger partial charge on any atom is 0.170 e. The van der Waals surface area contributed by atoms with E-state index in [1.54, 1.807) is 0 Å². The van der Waals surface area contributed by atoms with Gasteiger partial charge in [-0.3, -0.25) is 9.88 Å². The lowest BCUT2D eigenvalue weighted by Crippen LogP contribution is -2.39. The van der Waals surface area contributed by atoms with E-state index in [-0.39, 0.29) is 12.1 Å². The quantitative estimate of drug-likeness (QED) is 0.448. The third-order valence-electron chi connectivity index (χ3n) is 7.57. The summed E-state index contributed by atoms with van der Waals surface area (Å²) in [6.07, 6.45) is 3.98. The van der Waals surface area contributed by atoms with E-state index in [0.717, 1.165) is 63.0 Å². The molecular formula is C29H37N5OS. The van der Waals surface area contributed by atoms with Crippen LogP contribution in [-0.4, -0.2) is 63.9 Å². The van der Waals surface area contributed by atoms with Crippen molar-refractivity contribution in [2.24, 2.45) is 0 Å². The Labute approximate surface area is 220 Å². The fraction of sp³-hybridized carbons (Fsp3) is 0.448. The second-order valence-corrected chi connectivity index (χ2v) is 10.2. The molecule has 0 bridgehead atoms. The van der Waals surface area contributed by atoms with Crippen molar-refractivity contribution in [1.29, 1.82) is 0 Å². The first-order chi connectivity index (χ1) is 17.6. The van der Waals surface area contributed by atoms with Crippen LogP contribution in [0.4, 0.5) is 0 Å². The molecule has 5 rings (SSSR count). The number of hydrogen-bond donors (Lipinski definition) is 1. The van der Waals surface area contributed by atoms with Gasteiger partial charge in [0, 0.05) is 49.5 Å². The van der Waals surface area contributed by atoms with Crippen LogP contribution in [0.15, 0.2) is 54.7 Å². The van der Waals surface area contributed by atoms with Crippen LogP contribution in [0.2, 0.25) is 0 Å². The number of pyridine rings is 1. The van der Waals surface area contributed by atoms with E-state index in [0.29, 0.717) is 0 Å². The van der Waals surface area contributed by atoms with Crippen molar-refractivity contribution in [3.63, 3.8) is 0 Å². The number of aromatic nitrogens is 2. The zero-order valence-corrected chi connectivity index (χ0v) is 22.4. The number of thiocarbonyl (C=S) groups is 1. The Bertz CT molecular complexity index is 1170. The van der Waals surface area contributed by atoms with Gasteiger partial charge in [0.25, 0.3) is 0 Å². The minimum atomic E-state index is 0.0125. The maximum absolute atomic E-state index is 5.92. The van der Waals surface area contributed by atoms with Crippen molar-refractivity contribution >= 4 is 17.3 Å². The Morgan fingerprint density at radius 1 is 1.06 bits per heavy atom. The molecule has 0 aliphatic carbocycles. The number of nitrogens with zero attached hydrogens (tertiary/aromatic N) is 4. The molecule has 0 unspecified atom stereocenters. The third-order valence-corrected chi connectivity index (χ3v) is 7.92. The van der Waals surface area contributed by atoms with Gasteiger partial charge in [-0.05, 0) is 80.4 Å². The number of ether oxygens (including phenoxy) is 1. The molecule has 6 nitrogen and oxygen atoms in total. The average molecular weight is 504 g/mol. The minimum absolute atomic E-state index is 0.0125. The molecule has 0 saturated carbocycles. The number of benzene rings is 1. The van der Waals surface area contributed by atoms with Gasteiger partial charge >= 0.3 is 0 Å². The van der Waals surface area contributed by atoms with E-state index < -0.39 is 0 Å². The van der Waals surface area contributed by atoms with Crippen molar-refractivity contribution in [3.8, 4) is 5.69 Å². The Morgan fingerprint density at radius 2 is 1.83 bits per heavy atom. The number of rotatable bonds is 8. The standard InChI is InChI=1S/C29H37N5OS/c1-4-23-9-11-24(12-10-23)34-21(2)20-25(22(34)3)28-27(26-8-5-6-13-30-26)31-29(36)33(28)15-7-14-32-16-18-35-19-17-32/h5-6,8-13,20,27-28H,4,7,14-19H2,1-3H3,(H,31,36)/t27-,28+/m1/s1. The summed E-state index contributed by atoms with van der Waals surface area (Å²) in [5.41, 5.74) is 7.38. The topological polar surface area (TPSA) is 45.6 Å². The zero-order valence-electron chi connectivity index (χ0n) is 21.6. The van der Waals surface area contributed by atoms with Crippen molar-refractivity contribution in [2.45, 2.75) is 45.7 Å². The summed E-state index contributed by atoms with van der Waals surface area (Å²) in [4.78, 5) is 9.60. The Balaban J connectivity index is 1.46. The van der Waals surface area contributed by atoms with Gasteiger partial charge in [-0.25, -0.2) is 0 Å². The van der Waals surface area contributed by atoms with E-state index in [4.69, 9.17) is 21.9 Å². The molecule has 0 amide bonds. The van der Waals surface area contributed by atoms with Gasteiger partial charge in [-0.1, -0.05) is 25.1 Å². The van der Waals surface area contributed by atoms with Crippen molar-refractivity contribution in [3.05, 3.63) is 82.9 Å². The lowest BCUT2D eigenvalue weighted by atomic mass is 9.96. The number of hydrogen-bond acceptors (Lipinski definition) is 4. The molecule has 2 saturated heterocycles. The molecule has 1 N–H and O–H groups in total. The fourth-order valence-corrected chi connectivity index (χ4v) is 5.97. The molecule has 7 heteroatoms. The first-order valence-corrected chi connectivity index (χ1v) is 13.5. The van der Waals surface area contributed by atoms with E-state index in [1.807, 2.05) is 12.3 Å². The number of aryl methyl sites for hydroxylation is 2. The molecule has 0 radical (unpaired) electrons. The SMILES string of the molecule is CCc1ccc(-n2c(C)cc([C@H]3[C@@H](c4ccccn4)NC(=S)N3CCCN3CCOCC3)c2C)cc1. The number of morpholine rings is 1. The molecule has 2 aliphatic rings. The van der Waals surface area contributed by atoms with E-state index in [9.17, 15) is 0 Å². The Hall–Kier alpha value is -2.74. The Kier molecular flexibility index (Phi) is 7.70. The van der Waals surface area contributed by atoms with Crippen molar-refractivity contribution < 1.29 is 4.74 Å². The third kappa shape index (κ3) is 5.05. The second-order valence-electron chi connectivity index (χ2n) is 9.81. The van der Waals surface area contributed by atoms with Crippen LogP contribution in [0.25, 0.3) is 5.69 Å². The lowest BCUT2D eigenvalue weighted by Gasteiger charge is -2.30. The van der Waals surface area contributed by atoms with Crippen LogP contribution in [0, 0.1) is 13.8 Å². The highest BCUT2D eigenvalue weighted by Gasteiger charge is 2.41. The van der Waals surface area contributed by atoms with Gasteiger partial charge in [0.2, 0.25) is 0 Å². The first kappa shape index (κ1) is 24.9. The molecule has 1 aromatic carbocycles. The average Bonchev–Trinajstić information content (AvgIpc) is 3.39. The predicted molar refractivity (Wildman–Crippen MR) is 149 cm³/mol. The van der Waals surface area contributed by atoms with Crippen LogP contribution in [0.3, 0.4) is 0 Å². The number of nitrogens with one attached hydrogen (secondary N) is 1. The fourth-order valence-electron chi connectivity index (χ4n) is 5.64. The van der Waals surface area contributed by atoms with Gasteiger partial charge in [0.1, 0.15) is 0 Å². The van der Waals surface area contributed by atoms with E-state index >= 15 is 0 Å². The highest BCUT2D eigenvalue weighted by Crippen LogP contribution is 2.41. The second kappa shape index (κ2) is 11.1. The summed E-state index contributed by atoms with van der Waals surface area (Å²) in [5.74, 6) is 0. The van der Waals surface area contributed by atoms with Crippen molar-refractivity contribution in [1.82, 2.24) is 24.7 Å². The van der Waals surface area contributed by atoms with Gasteiger partial charge in [0.15, 0.2) is 5.11 Å². The molecule has 4 heterocycles. The van der Waals surface area contributed by atoms with E-state index in [2.05, 4.69) is 82.9 Å². The monoisotopic (exact) mass is 503 g/mol. The van der Waals surface area contributed by atoms with Crippen LogP contribution in [0.1, 0.15) is 53.6 Å². The van der Waals surface area contributed by atoms with Crippen molar-refractivity contribution in [2.75, 3.05) is 39.4 Å². The summed E-state index contributed by atoms with van der Waals surface area (Å²) in [5, 5.41) is 4.43. The molecule has 3 aromatic rings. The predicted octanol–water partition coefficient (Wildman–Crippen LogP) is 4.75. The van der Waals surface area contributed by atoms with Gasteiger partial charge in [-0.15, -0.1) is 0 Å². The highest BCUT2D eigenvalue weighted by molar-refractivity contribution is 7.80. The van der Waals surface area contributed by atoms with E-state index in [1.165, 1.54) is 28.2 Å². The van der Waals surface area contributed by atoms with Gasteiger partial charge in [-0.2, -0.15) is 0 Å². The molecule has 36 heavy (non-hydrogen) atoms. The molecule has 2 aromatic heterocycles. The highest BCUT2D eigenvalue weighted by atomic mass is 32.1. The minimum Gasteiger partial charge on any atom is -0.379 e. The molecule has 2 atom stereocenters. The molecule has 2 fully saturated rings. The maximum atomic E-state index is 5.92. The summed E-state index contributed by atoms with van der Waals surface area (Å²) in [6, 6.07) is 17.5. The summed E-state index contributed by atoms with van der Waals surface area (Å²) in [7, 11) is 0. The lowest BCUT2D eigenvalue weighted by molar-refractivity contribution is 0.0365. The Morgan fingerprint density at radius 3 is 2.53 bits per heavy atom. The first-order valence-electron chi connectivity index (χ1n) is 13.1. The van der Waals surface area contributed by atoms with Crippen LogP contribution >= 0.6 is 12.2 Å². The molecule has 190 valence electrons. The van der Waals surface area contributed by atoms with Crippen LogP contribution in [0.5, 0.6) is 0 Å². The molecule has 2 aliphatic heterocycles. The zero-order chi connectivity index (χ0) is 25.1. The summed E-state index contributed by atoms with van der Waals surface area (Å²) in [6.45, 7) is 12.3. The molecule has 0 spiro atoms. The smallest absolute Gasteiger partial charge is 0.170 e. The normalized spacial score (nSPS) is 20.6. The summed E-state index contributed by atoms with van der Waals surface area (Å²) < 4.78 is 7.89.